The lowest BCUT2D eigenvalue weighted by Crippen LogP contribution is -2.18. The van der Waals surface area contributed by atoms with Crippen molar-refractivity contribution in [2.24, 2.45) is 0 Å². The summed E-state index contributed by atoms with van der Waals surface area (Å²) >= 11 is 5.74. The van der Waals surface area contributed by atoms with Gasteiger partial charge in [-0.05, 0) is 30.7 Å². The molecular formula is C10H12Cl2FN. The second-order valence-corrected chi connectivity index (χ2v) is 3.72. The van der Waals surface area contributed by atoms with Crippen LogP contribution in [0.5, 0.6) is 0 Å². The molecular weight excluding hydrogens is 224 g/mol. The monoisotopic (exact) mass is 235 g/mol. The van der Waals surface area contributed by atoms with Gasteiger partial charge in [-0.25, -0.2) is 4.39 Å². The summed E-state index contributed by atoms with van der Waals surface area (Å²) in [6, 6.07) is 7.19. The fourth-order valence-corrected chi connectivity index (χ4v) is 1.79. The third-order valence-corrected chi connectivity index (χ3v) is 2.63. The van der Waals surface area contributed by atoms with Crippen LogP contribution in [0.3, 0.4) is 0 Å². The Bertz CT molecular complexity index is 289. The van der Waals surface area contributed by atoms with Gasteiger partial charge in [0.15, 0.2) is 0 Å². The zero-order chi connectivity index (χ0) is 9.26. The van der Waals surface area contributed by atoms with E-state index >= 15 is 0 Å². The van der Waals surface area contributed by atoms with Crippen LogP contribution in [0.15, 0.2) is 24.3 Å². The van der Waals surface area contributed by atoms with E-state index in [4.69, 9.17) is 11.6 Å². The van der Waals surface area contributed by atoms with Gasteiger partial charge >= 0.3 is 0 Å². The largest absolute Gasteiger partial charge is 0.307 e. The Labute approximate surface area is 94.1 Å². The average molecular weight is 236 g/mol. The molecule has 0 amide bonds. The molecule has 1 heterocycles. The van der Waals surface area contributed by atoms with Gasteiger partial charge in [-0.1, -0.05) is 23.7 Å². The minimum absolute atomic E-state index is 0. The Kier molecular flexibility index (Phi) is 4.17. The van der Waals surface area contributed by atoms with Crippen LogP contribution in [0.25, 0.3) is 0 Å². The molecule has 1 aromatic carbocycles. The molecule has 0 saturated carbocycles. The number of nitrogens with one attached hydrogen (secondary N) is 1. The molecule has 2 rings (SSSR count). The van der Waals surface area contributed by atoms with Crippen LogP contribution in [-0.2, 0) is 0 Å². The second kappa shape index (κ2) is 4.96. The van der Waals surface area contributed by atoms with Gasteiger partial charge in [0.25, 0.3) is 0 Å². The molecule has 0 bridgehead atoms. The van der Waals surface area contributed by atoms with E-state index in [9.17, 15) is 4.39 Å². The summed E-state index contributed by atoms with van der Waals surface area (Å²) in [4.78, 5) is 0. The zero-order valence-corrected chi connectivity index (χ0v) is 9.11. The lowest BCUT2D eigenvalue weighted by atomic mass is 10.0. The molecule has 14 heavy (non-hydrogen) atoms. The van der Waals surface area contributed by atoms with Crippen molar-refractivity contribution in [1.29, 1.82) is 0 Å². The van der Waals surface area contributed by atoms with Crippen LogP contribution in [0.1, 0.15) is 18.0 Å². The predicted molar refractivity (Wildman–Crippen MR) is 59.0 cm³/mol. The summed E-state index contributed by atoms with van der Waals surface area (Å²) in [6.45, 7) is 0.758. The van der Waals surface area contributed by atoms with E-state index in [0.29, 0.717) is 11.4 Å². The lowest BCUT2D eigenvalue weighted by Gasteiger charge is -2.13. The molecule has 0 aliphatic carbocycles. The number of benzene rings is 1. The highest BCUT2D eigenvalue weighted by molar-refractivity contribution is 6.30. The molecule has 2 unspecified atom stereocenters. The summed E-state index contributed by atoms with van der Waals surface area (Å²) in [5, 5.41) is 3.82. The van der Waals surface area contributed by atoms with Crippen LogP contribution in [0, 0.1) is 0 Å². The maximum Gasteiger partial charge on any atom is 0.121 e. The summed E-state index contributed by atoms with van der Waals surface area (Å²) in [5.74, 6) is 0. The van der Waals surface area contributed by atoms with Crippen molar-refractivity contribution in [3.8, 4) is 0 Å². The van der Waals surface area contributed by atoms with Gasteiger partial charge in [-0.3, -0.25) is 0 Å². The Morgan fingerprint density at radius 2 is 1.93 bits per heavy atom. The molecule has 4 heteroatoms. The highest BCUT2D eigenvalue weighted by Gasteiger charge is 2.27. The summed E-state index contributed by atoms with van der Waals surface area (Å²) in [5.41, 5.74) is 0.981. The van der Waals surface area contributed by atoms with Crippen molar-refractivity contribution in [1.82, 2.24) is 5.32 Å². The Balaban J connectivity index is 0.000000980. The quantitative estimate of drug-likeness (QED) is 0.789. The number of rotatable bonds is 1. The van der Waals surface area contributed by atoms with E-state index in [1.165, 1.54) is 0 Å². The van der Waals surface area contributed by atoms with E-state index in [1.54, 1.807) is 12.1 Å². The Morgan fingerprint density at radius 1 is 1.29 bits per heavy atom. The maximum atomic E-state index is 13.3. The van der Waals surface area contributed by atoms with Crippen LogP contribution in [0.2, 0.25) is 5.02 Å². The Hall–Kier alpha value is -0.310. The number of halogens is 3. The molecule has 1 aliphatic heterocycles. The van der Waals surface area contributed by atoms with Crippen LogP contribution >= 0.6 is 24.0 Å². The first kappa shape index (κ1) is 11.8. The van der Waals surface area contributed by atoms with Gasteiger partial charge in [-0.15, -0.1) is 12.4 Å². The van der Waals surface area contributed by atoms with Crippen molar-refractivity contribution in [3.63, 3.8) is 0 Å². The number of alkyl halides is 1. The molecule has 1 aliphatic rings. The van der Waals surface area contributed by atoms with Gasteiger partial charge in [-0.2, -0.15) is 0 Å². The molecule has 2 atom stereocenters. The maximum absolute atomic E-state index is 13.3. The van der Waals surface area contributed by atoms with E-state index in [-0.39, 0.29) is 18.4 Å². The predicted octanol–water partition coefficient (Wildman–Crippen LogP) is 3.13. The molecule has 1 N–H and O–H groups in total. The van der Waals surface area contributed by atoms with Gasteiger partial charge < -0.3 is 5.32 Å². The fourth-order valence-electron chi connectivity index (χ4n) is 1.67. The molecule has 0 radical (unpaired) electrons. The van der Waals surface area contributed by atoms with E-state index < -0.39 is 6.17 Å². The molecule has 1 nitrogen and oxygen atoms in total. The van der Waals surface area contributed by atoms with Crippen molar-refractivity contribution >= 4 is 24.0 Å². The number of hydrogen-bond acceptors (Lipinski definition) is 1. The smallest absolute Gasteiger partial charge is 0.121 e. The molecule has 1 aromatic rings. The molecule has 0 aromatic heterocycles. The highest BCUT2D eigenvalue weighted by atomic mass is 35.5. The van der Waals surface area contributed by atoms with Crippen molar-refractivity contribution < 1.29 is 4.39 Å². The third kappa shape index (κ3) is 2.38. The number of hydrogen-bond donors (Lipinski definition) is 1. The van der Waals surface area contributed by atoms with Crippen LogP contribution < -0.4 is 5.32 Å². The van der Waals surface area contributed by atoms with Gasteiger partial charge in [0.2, 0.25) is 0 Å². The standard InChI is InChI=1S/C10H11ClFN.ClH/c11-8-3-1-7(2-4-8)10-9(12)5-6-13-10;/h1-4,9-10,13H,5-6H2;1H. The Morgan fingerprint density at radius 3 is 2.43 bits per heavy atom. The summed E-state index contributed by atoms with van der Waals surface area (Å²) in [6.07, 6.45) is -0.158. The van der Waals surface area contributed by atoms with E-state index in [0.717, 1.165) is 12.1 Å². The summed E-state index contributed by atoms with van der Waals surface area (Å²) < 4.78 is 13.3. The topological polar surface area (TPSA) is 12.0 Å². The molecule has 1 saturated heterocycles. The van der Waals surface area contributed by atoms with E-state index in [2.05, 4.69) is 5.32 Å². The minimum Gasteiger partial charge on any atom is -0.307 e. The van der Waals surface area contributed by atoms with E-state index in [1.807, 2.05) is 12.1 Å². The third-order valence-electron chi connectivity index (χ3n) is 2.38. The van der Waals surface area contributed by atoms with Crippen molar-refractivity contribution in [2.75, 3.05) is 6.54 Å². The van der Waals surface area contributed by atoms with Crippen LogP contribution in [0.4, 0.5) is 4.39 Å². The molecule has 78 valence electrons. The van der Waals surface area contributed by atoms with Gasteiger partial charge in [0, 0.05) is 5.02 Å². The second-order valence-electron chi connectivity index (χ2n) is 3.29. The van der Waals surface area contributed by atoms with Crippen molar-refractivity contribution in [3.05, 3.63) is 34.9 Å². The lowest BCUT2D eigenvalue weighted by molar-refractivity contribution is 0.304. The minimum atomic E-state index is -0.763. The van der Waals surface area contributed by atoms with Crippen molar-refractivity contribution in [2.45, 2.75) is 18.6 Å². The summed E-state index contributed by atoms with van der Waals surface area (Å²) in [7, 11) is 0. The highest BCUT2D eigenvalue weighted by Crippen LogP contribution is 2.26. The fraction of sp³-hybridized carbons (Fsp3) is 0.400. The van der Waals surface area contributed by atoms with Gasteiger partial charge in [0.1, 0.15) is 6.17 Å². The van der Waals surface area contributed by atoms with Crippen LogP contribution in [-0.4, -0.2) is 12.7 Å². The zero-order valence-electron chi connectivity index (χ0n) is 7.54. The van der Waals surface area contributed by atoms with Gasteiger partial charge in [0.05, 0.1) is 6.04 Å². The SMILES string of the molecule is Cl.FC1CCNC1c1ccc(Cl)cc1. The first-order chi connectivity index (χ1) is 6.27. The first-order valence-electron chi connectivity index (χ1n) is 4.40. The molecule has 0 spiro atoms. The first-order valence-corrected chi connectivity index (χ1v) is 4.78. The molecule has 1 fully saturated rings. The average Bonchev–Trinajstić information content (AvgIpc) is 2.53. The normalized spacial score (nSPS) is 25.9.